The molecule has 1 fully saturated rings. The van der Waals surface area contributed by atoms with Gasteiger partial charge in [0.15, 0.2) is 0 Å². The molecule has 1 saturated heterocycles. The van der Waals surface area contributed by atoms with Gasteiger partial charge in [-0.2, -0.15) is 0 Å². The normalized spacial score (nSPS) is 23.7. The summed E-state index contributed by atoms with van der Waals surface area (Å²) in [6, 6.07) is 5.67. The maximum absolute atomic E-state index is 12.3. The highest BCUT2D eigenvalue weighted by molar-refractivity contribution is 6.34. The number of hydrogen-bond acceptors (Lipinski definition) is 2. The summed E-state index contributed by atoms with van der Waals surface area (Å²) in [7, 11) is 0. The Labute approximate surface area is 113 Å². The fourth-order valence-corrected chi connectivity index (χ4v) is 2.44. The van der Waals surface area contributed by atoms with E-state index >= 15 is 0 Å². The van der Waals surface area contributed by atoms with Gasteiger partial charge in [-0.15, -0.1) is 0 Å². The molecule has 0 radical (unpaired) electrons. The van der Waals surface area contributed by atoms with Crippen LogP contribution in [0.15, 0.2) is 18.2 Å². The number of piperidine rings is 1. The van der Waals surface area contributed by atoms with Crippen LogP contribution in [0.25, 0.3) is 0 Å². The molecule has 1 amide bonds. The zero-order valence-corrected chi connectivity index (χ0v) is 11.6. The average molecular weight is 267 g/mol. The number of carbonyl (C=O) groups excluding carboxylic acids is 1. The Morgan fingerprint density at radius 3 is 2.94 bits per heavy atom. The number of halogens is 1. The number of aryl methyl sites for hydroxylation is 1. The number of amides is 1. The van der Waals surface area contributed by atoms with E-state index in [1.807, 2.05) is 32.0 Å². The molecule has 1 aromatic carbocycles. The predicted octanol–water partition coefficient (Wildman–Crippen LogP) is 2.98. The van der Waals surface area contributed by atoms with Gasteiger partial charge in [-0.05, 0) is 44.9 Å². The number of hydrogen-bond donors (Lipinski definition) is 2. The minimum atomic E-state index is -0.342. The van der Waals surface area contributed by atoms with E-state index in [4.69, 9.17) is 11.6 Å². The zero-order chi connectivity index (χ0) is 13.2. The fourth-order valence-electron chi connectivity index (χ4n) is 2.27. The van der Waals surface area contributed by atoms with Crippen LogP contribution >= 0.6 is 11.6 Å². The van der Waals surface area contributed by atoms with Gasteiger partial charge in [0.2, 0.25) is 5.91 Å². The van der Waals surface area contributed by atoms with E-state index in [9.17, 15) is 4.79 Å². The predicted molar refractivity (Wildman–Crippen MR) is 75.0 cm³/mol. The van der Waals surface area contributed by atoms with Crippen molar-refractivity contribution >= 4 is 23.2 Å². The zero-order valence-electron chi connectivity index (χ0n) is 10.8. The van der Waals surface area contributed by atoms with Crippen molar-refractivity contribution in [3.8, 4) is 0 Å². The molecule has 18 heavy (non-hydrogen) atoms. The summed E-state index contributed by atoms with van der Waals surface area (Å²) in [5, 5.41) is 6.85. The molecule has 1 aromatic rings. The lowest BCUT2D eigenvalue weighted by Gasteiger charge is -2.32. The Kier molecular flexibility index (Phi) is 3.93. The second kappa shape index (κ2) is 5.29. The average Bonchev–Trinajstić information content (AvgIpc) is 2.36. The van der Waals surface area contributed by atoms with E-state index in [2.05, 4.69) is 10.6 Å². The van der Waals surface area contributed by atoms with Crippen LogP contribution in [-0.2, 0) is 4.79 Å². The van der Waals surface area contributed by atoms with Gasteiger partial charge in [-0.3, -0.25) is 4.79 Å². The molecule has 98 valence electrons. The Morgan fingerprint density at radius 1 is 1.50 bits per heavy atom. The molecular formula is C14H19ClN2O. The molecule has 1 unspecified atom stereocenters. The molecule has 1 atom stereocenters. The van der Waals surface area contributed by atoms with Crippen LogP contribution < -0.4 is 10.6 Å². The maximum atomic E-state index is 12.3. The Hall–Kier alpha value is -1.06. The minimum Gasteiger partial charge on any atom is -0.324 e. The number of carbonyl (C=O) groups is 1. The Morgan fingerprint density at radius 2 is 2.28 bits per heavy atom. The van der Waals surface area contributed by atoms with Crippen LogP contribution in [0.2, 0.25) is 5.02 Å². The third-order valence-corrected chi connectivity index (χ3v) is 4.09. The van der Waals surface area contributed by atoms with Gasteiger partial charge < -0.3 is 10.6 Å². The smallest absolute Gasteiger partial charge is 0.231 e. The number of nitrogens with one attached hydrogen (secondary N) is 2. The molecule has 4 heteroatoms. The summed E-state index contributed by atoms with van der Waals surface area (Å²) in [5.74, 6) is 0.0437. The molecule has 1 aliphatic heterocycles. The second-order valence-electron chi connectivity index (χ2n) is 5.23. The topological polar surface area (TPSA) is 41.1 Å². The van der Waals surface area contributed by atoms with Crippen LogP contribution in [0, 0.1) is 12.3 Å². The van der Waals surface area contributed by atoms with Gasteiger partial charge in [0, 0.05) is 6.54 Å². The van der Waals surface area contributed by atoms with Crippen molar-refractivity contribution in [3.63, 3.8) is 0 Å². The monoisotopic (exact) mass is 266 g/mol. The highest BCUT2D eigenvalue weighted by atomic mass is 35.5. The number of benzene rings is 1. The summed E-state index contributed by atoms with van der Waals surface area (Å²) < 4.78 is 0. The third-order valence-electron chi connectivity index (χ3n) is 3.59. The van der Waals surface area contributed by atoms with Gasteiger partial charge in [0.05, 0.1) is 16.1 Å². The first-order valence-corrected chi connectivity index (χ1v) is 6.68. The van der Waals surface area contributed by atoms with Crippen LogP contribution in [0.3, 0.4) is 0 Å². The van der Waals surface area contributed by atoms with E-state index in [1.165, 1.54) is 0 Å². The quantitative estimate of drug-likeness (QED) is 0.864. The van der Waals surface area contributed by atoms with E-state index < -0.39 is 0 Å². The first-order valence-electron chi connectivity index (χ1n) is 6.30. The van der Waals surface area contributed by atoms with Gasteiger partial charge in [-0.25, -0.2) is 0 Å². The largest absolute Gasteiger partial charge is 0.324 e. The van der Waals surface area contributed by atoms with Crippen LogP contribution in [-0.4, -0.2) is 19.0 Å². The SMILES string of the molecule is Cc1cccc(NC(=O)C2(C)CCCNC2)c1Cl. The van der Waals surface area contributed by atoms with Crippen LogP contribution in [0.5, 0.6) is 0 Å². The minimum absolute atomic E-state index is 0.0437. The van der Waals surface area contributed by atoms with Crippen molar-refractivity contribution in [2.75, 3.05) is 18.4 Å². The first kappa shape index (κ1) is 13.4. The van der Waals surface area contributed by atoms with Gasteiger partial charge >= 0.3 is 0 Å². The Bertz CT molecular complexity index is 453. The summed E-state index contributed by atoms with van der Waals surface area (Å²) in [5.41, 5.74) is 1.33. The second-order valence-corrected chi connectivity index (χ2v) is 5.61. The van der Waals surface area contributed by atoms with E-state index in [1.54, 1.807) is 0 Å². The number of anilines is 1. The highest BCUT2D eigenvalue weighted by Gasteiger charge is 2.34. The Balaban J connectivity index is 2.13. The molecule has 0 bridgehead atoms. The van der Waals surface area contributed by atoms with E-state index in [0.717, 1.165) is 31.5 Å². The van der Waals surface area contributed by atoms with Crippen molar-refractivity contribution in [2.45, 2.75) is 26.7 Å². The maximum Gasteiger partial charge on any atom is 0.231 e. The molecule has 2 rings (SSSR count). The van der Waals surface area contributed by atoms with Crippen LogP contribution in [0.1, 0.15) is 25.3 Å². The molecule has 0 aliphatic carbocycles. The fraction of sp³-hybridized carbons (Fsp3) is 0.500. The first-order chi connectivity index (χ1) is 8.53. The lowest BCUT2D eigenvalue weighted by atomic mass is 9.82. The molecule has 1 aliphatic rings. The van der Waals surface area contributed by atoms with Gasteiger partial charge in [0.25, 0.3) is 0 Å². The third kappa shape index (κ3) is 2.68. The van der Waals surface area contributed by atoms with Crippen molar-refractivity contribution in [1.82, 2.24) is 5.32 Å². The van der Waals surface area contributed by atoms with Crippen molar-refractivity contribution in [1.29, 1.82) is 0 Å². The summed E-state index contributed by atoms with van der Waals surface area (Å²) in [6.07, 6.45) is 1.95. The summed E-state index contributed by atoms with van der Waals surface area (Å²) >= 11 is 6.19. The number of rotatable bonds is 2. The summed E-state index contributed by atoms with van der Waals surface area (Å²) in [4.78, 5) is 12.3. The lowest BCUT2D eigenvalue weighted by Crippen LogP contribution is -2.46. The van der Waals surface area contributed by atoms with Gasteiger partial charge in [0.1, 0.15) is 0 Å². The van der Waals surface area contributed by atoms with E-state index in [-0.39, 0.29) is 11.3 Å². The van der Waals surface area contributed by atoms with Crippen molar-refractivity contribution < 1.29 is 4.79 Å². The standard InChI is InChI=1S/C14H19ClN2O/c1-10-5-3-6-11(12(10)15)17-13(18)14(2)7-4-8-16-9-14/h3,5-6,16H,4,7-9H2,1-2H3,(H,17,18). The molecule has 2 N–H and O–H groups in total. The molecular weight excluding hydrogens is 248 g/mol. The molecule has 0 spiro atoms. The molecule has 3 nitrogen and oxygen atoms in total. The highest BCUT2D eigenvalue weighted by Crippen LogP contribution is 2.30. The van der Waals surface area contributed by atoms with Crippen LogP contribution in [0.4, 0.5) is 5.69 Å². The summed E-state index contributed by atoms with van der Waals surface area (Å²) in [6.45, 7) is 5.65. The van der Waals surface area contributed by atoms with Crippen molar-refractivity contribution in [3.05, 3.63) is 28.8 Å². The van der Waals surface area contributed by atoms with Gasteiger partial charge in [-0.1, -0.05) is 23.7 Å². The molecule has 1 heterocycles. The van der Waals surface area contributed by atoms with Crippen molar-refractivity contribution in [2.24, 2.45) is 5.41 Å². The molecule has 0 saturated carbocycles. The van der Waals surface area contributed by atoms with E-state index in [0.29, 0.717) is 10.7 Å². The molecule has 0 aromatic heterocycles. The lowest BCUT2D eigenvalue weighted by molar-refractivity contribution is -0.125.